The summed E-state index contributed by atoms with van der Waals surface area (Å²) in [5, 5.41) is 3.19. The first kappa shape index (κ1) is 18.4. The van der Waals surface area contributed by atoms with E-state index >= 15 is 0 Å². The van der Waals surface area contributed by atoms with Gasteiger partial charge in [0, 0.05) is 11.1 Å². The Morgan fingerprint density at radius 3 is 2.35 bits per heavy atom. The highest BCUT2D eigenvalue weighted by Gasteiger charge is 2.32. The van der Waals surface area contributed by atoms with E-state index in [0.717, 1.165) is 32.1 Å². The van der Waals surface area contributed by atoms with Crippen LogP contribution in [0.2, 0.25) is 0 Å². The average molecular weight is 355 g/mol. The standard InChI is InChI=1S/C21H26N2O3/c1-16(22-21(24)18-8-10-19(25-2)11-9-18)20(17-6-4-3-5-7-17)23-12-14-26-15-13-23/h3-11,16,20H,12-15H2,1-2H3,(H,22,24)/p+1/t16-,20-/m0/s1. The Morgan fingerprint density at radius 1 is 1.08 bits per heavy atom. The van der Waals surface area contributed by atoms with E-state index in [1.54, 1.807) is 19.2 Å². The van der Waals surface area contributed by atoms with Crippen molar-refractivity contribution in [3.63, 3.8) is 0 Å². The quantitative estimate of drug-likeness (QED) is 0.825. The Kier molecular flexibility index (Phi) is 6.26. The lowest BCUT2D eigenvalue weighted by atomic mass is 9.97. The van der Waals surface area contributed by atoms with Crippen LogP contribution in [0, 0.1) is 0 Å². The van der Waals surface area contributed by atoms with Gasteiger partial charge in [0.15, 0.2) is 0 Å². The van der Waals surface area contributed by atoms with Crippen molar-refractivity contribution < 1.29 is 19.2 Å². The normalized spacial score (nSPS) is 17.3. The number of carbonyl (C=O) groups is 1. The maximum Gasteiger partial charge on any atom is 0.251 e. The van der Waals surface area contributed by atoms with Gasteiger partial charge in [-0.25, -0.2) is 0 Å². The number of hydrogen-bond acceptors (Lipinski definition) is 3. The van der Waals surface area contributed by atoms with E-state index in [2.05, 4.69) is 36.5 Å². The van der Waals surface area contributed by atoms with Crippen LogP contribution in [-0.2, 0) is 4.74 Å². The van der Waals surface area contributed by atoms with Crippen LogP contribution in [0.4, 0.5) is 0 Å². The first-order valence-electron chi connectivity index (χ1n) is 9.11. The third kappa shape index (κ3) is 4.42. The fourth-order valence-electron chi connectivity index (χ4n) is 3.60. The molecule has 0 saturated carbocycles. The van der Waals surface area contributed by atoms with Gasteiger partial charge in [-0.05, 0) is 31.2 Å². The summed E-state index contributed by atoms with van der Waals surface area (Å²) >= 11 is 0. The zero-order valence-corrected chi connectivity index (χ0v) is 15.4. The molecule has 138 valence electrons. The summed E-state index contributed by atoms with van der Waals surface area (Å²) in [5.41, 5.74) is 1.88. The molecule has 0 radical (unpaired) electrons. The molecule has 2 aromatic rings. The van der Waals surface area contributed by atoms with E-state index in [1.165, 1.54) is 10.5 Å². The van der Waals surface area contributed by atoms with Crippen molar-refractivity contribution in [2.45, 2.75) is 19.0 Å². The SMILES string of the molecule is COc1ccc(C(=O)N[C@@H](C)[C@@H](c2ccccc2)[NH+]2CCOCC2)cc1. The number of morpholine rings is 1. The molecule has 1 amide bonds. The minimum atomic E-state index is -0.0613. The Balaban J connectivity index is 1.75. The van der Waals surface area contributed by atoms with Crippen LogP contribution in [0.3, 0.4) is 0 Å². The minimum absolute atomic E-state index is 0.0000941. The maximum atomic E-state index is 12.7. The van der Waals surface area contributed by atoms with Crippen LogP contribution in [-0.4, -0.2) is 45.4 Å². The number of methoxy groups -OCH3 is 1. The second kappa shape index (κ2) is 8.83. The Bertz CT molecular complexity index is 697. The van der Waals surface area contributed by atoms with Gasteiger partial charge in [0.25, 0.3) is 5.91 Å². The molecule has 1 heterocycles. The van der Waals surface area contributed by atoms with Crippen molar-refractivity contribution in [3.8, 4) is 5.75 Å². The molecule has 1 aliphatic heterocycles. The van der Waals surface area contributed by atoms with Gasteiger partial charge in [-0.1, -0.05) is 30.3 Å². The topological polar surface area (TPSA) is 52.0 Å². The van der Waals surface area contributed by atoms with E-state index in [9.17, 15) is 4.79 Å². The molecule has 0 aromatic heterocycles. The van der Waals surface area contributed by atoms with Crippen LogP contribution < -0.4 is 15.0 Å². The van der Waals surface area contributed by atoms with Crippen LogP contribution in [0.5, 0.6) is 5.75 Å². The third-order valence-corrected chi connectivity index (χ3v) is 4.94. The van der Waals surface area contributed by atoms with Gasteiger partial charge in [0.1, 0.15) is 24.9 Å². The predicted octanol–water partition coefficient (Wildman–Crippen LogP) is 1.47. The van der Waals surface area contributed by atoms with Gasteiger partial charge in [-0.3, -0.25) is 4.79 Å². The summed E-state index contributed by atoms with van der Waals surface area (Å²) in [6.07, 6.45) is 0. The van der Waals surface area contributed by atoms with Gasteiger partial charge in [0.05, 0.1) is 26.4 Å². The van der Waals surface area contributed by atoms with Crippen molar-refractivity contribution in [2.75, 3.05) is 33.4 Å². The van der Waals surface area contributed by atoms with Crippen molar-refractivity contribution in [1.82, 2.24) is 5.32 Å². The number of quaternary nitrogens is 1. The molecule has 26 heavy (non-hydrogen) atoms. The summed E-state index contributed by atoms with van der Waals surface area (Å²) in [6.45, 7) is 5.50. The minimum Gasteiger partial charge on any atom is -0.497 e. The molecule has 0 unspecified atom stereocenters. The predicted molar refractivity (Wildman–Crippen MR) is 101 cm³/mol. The monoisotopic (exact) mass is 355 g/mol. The smallest absolute Gasteiger partial charge is 0.251 e. The number of amides is 1. The number of carbonyl (C=O) groups excluding carboxylic acids is 1. The van der Waals surface area contributed by atoms with Crippen molar-refractivity contribution in [2.24, 2.45) is 0 Å². The van der Waals surface area contributed by atoms with Crippen molar-refractivity contribution >= 4 is 5.91 Å². The van der Waals surface area contributed by atoms with Crippen LogP contribution in [0.25, 0.3) is 0 Å². The first-order valence-corrected chi connectivity index (χ1v) is 9.11. The zero-order chi connectivity index (χ0) is 18.4. The van der Waals surface area contributed by atoms with E-state index in [-0.39, 0.29) is 18.0 Å². The highest BCUT2D eigenvalue weighted by Crippen LogP contribution is 2.16. The van der Waals surface area contributed by atoms with E-state index in [4.69, 9.17) is 9.47 Å². The molecule has 0 spiro atoms. The number of hydrogen-bond donors (Lipinski definition) is 2. The number of ether oxygens (including phenoxy) is 2. The van der Waals surface area contributed by atoms with Crippen LogP contribution in [0.1, 0.15) is 28.9 Å². The summed E-state index contributed by atoms with van der Waals surface area (Å²) in [6, 6.07) is 17.8. The summed E-state index contributed by atoms with van der Waals surface area (Å²) in [5.74, 6) is 0.684. The van der Waals surface area contributed by atoms with Crippen molar-refractivity contribution in [3.05, 3.63) is 65.7 Å². The van der Waals surface area contributed by atoms with Gasteiger partial charge in [-0.2, -0.15) is 0 Å². The largest absolute Gasteiger partial charge is 0.497 e. The molecular weight excluding hydrogens is 328 g/mol. The van der Waals surface area contributed by atoms with Crippen LogP contribution >= 0.6 is 0 Å². The second-order valence-electron chi connectivity index (χ2n) is 6.65. The molecule has 5 heteroatoms. The average Bonchev–Trinajstić information content (AvgIpc) is 2.70. The molecule has 2 atom stereocenters. The first-order chi connectivity index (χ1) is 12.7. The second-order valence-corrected chi connectivity index (χ2v) is 6.65. The fraction of sp³-hybridized carbons (Fsp3) is 0.381. The van der Waals surface area contributed by atoms with Gasteiger partial charge in [-0.15, -0.1) is 0 Å². The lowest BCUT2D eigenvalue weighted by molar-refractivity contribution is -0.940. The maximum absolute atomic E-state index is 12.7. The number of benzene rings is 2. The summed E-state index contributed by atoms with van der Waals surface area (Å²) < 4.78 is 10.7. The molecule has 3 rings (SSSR count). The molecule has 1 aliphatic rings. The summed E-state index contributed by atoms with van der Waals surface area (Å²) in [4.78, 5) is 14.1. The van der Waals surface area contributed by atoms with Gasteiger partial charge < -0.3 is 19.7 Å². The Hall–Kier alpha value is -2.37. The van der Waals surface area contributed by atoms with Gasteiger partial charge >= 0.3 is 0 Å². The molecule has 5 nitrogen and oxygen atoms in total. The van der Waals surface area contributed by atoms with E-state index < -0.39 is 0 Å². The molecule has 2 N–H and O–H groups in total. The van der Waals surface area contributed by atoms with Gasteiger partial charge in [0.2, 0.25) is 0 Å². The molecular formula is C21H27N2O3+. The Labute approximate surface area is 154 Å². The number of rotatable bonds is 6. The molecule has 2 aromatic carbocycles. The summed E-state index contributed by atoms with van der Waals surface area (Å²) in [7, 11) is 1.62. The van der Waals surface area contributed by atoms with Crippen LogP contribution in [0.15, 0.2) is 54.6 Å². The lowest BCUT2D eigenvalue weighted by Gasteiger charge is -2.35. The highest BCUT2D eigenvalue weighted by molar-refractivity contribution is 5.94. The molecule has 1 fully saturated rings. The highest BCUT2D eigenvalue weighted by atomic mass is 16.5. The fourth-order valence-corrected chi connectivity index (χ4v) is 3.60. The number of nitrogens with one attached hydrogen (secondary N) is 2. The zero-order valence-electron chi connectivity index (χ0n) is 15.4. The lowest BCUT2D eigenvalue weighted by Crippen LogP contribution is -3.15. The van der Waals surface area contributed by atoms with E-state index in [1.807, 2.05) is 18.2 Å². The molecule has 0 bridgehead atoms. The Morgan fingerprint density at radius 2 is 1.73 bits per heavy atom. The molecule has 0 aliphatic carbocycles. The van der Waals surface area contributed by atoms with Crippen molar-refractivity contribution in [1.29, 1.82) is 0 Å². The van der Waals surface area contributed by atoms with E-state index in [0.29, 0.717) is 5.56 Å². The third-order valence-electron chi connectivity index (χ3n) is 4.94. The molecule has 1 saturated heterocycles.